The molecule has 0 aliphatic carbocycles. The second-order valence-electron chi connectivity index (χ2n) is 7.34. The van der Waals surface area contributed by atoms with E-state index in [2.05, 4.69) is 15.2 Å². The molecule has 28 heavy (non-hydrogen) atoms. The van der Waals surface area contributed by atoms with Gasteiger partial charge in [-0.2, -0.15) is 0 Å². The Labute approximate surface area is 163 Å². The Morgan fingerprint density at radius 2 is 2.11 bits per heavy atom. The van der Waals surface area contributed by atoms with Crippen molar-refractivity contribution in [2.45, 2.75) is 20.3 Å². The molecule has 3 heterocycles. The van der Waals surface area contributed by atoms with Crippen molar-refractivity contribution in [3.05, 3.63) is 47.9 Å². The fourth-order valence-corrected chi connectivity index (χ4v) is 4.42. The molecule has 0 spiro atoms. The lowest BCUT2D eigenvalue weighted by Crippen LogP contribution is -2.37. The molecule has 2 aliphatic heterocycles. The van der Waals surface area contributed by atoms with Crippen molar-refractivity contribution >= 4 is 28.1 Å². The van der Waals surface area contributed by atoms with E-state index in [0.717, 1.165) is 36.3 Å². The number of benzene rings is 2. The highest BCUT2D eigenvalue weighted by Crippen LogP contribution is 2.45. The van der Waals surface area contributed by atoms with E-state index in [1.807, 2.05) is 24.4 Å². The molecule has 5 rings (SSSR count). The van der Waals surface area contributed by atoms with E-state index >= 15 is 0 Å². The summed E-state index contributed by atoms with van der Waals surface area (Å²) in [6.07, 6.45) is 3.74. The van der Waals surface area contributed by atoms with Crippen molar-refractivity contribution in [1.29, 1.82) is 0 Å². The molecule has 2 aromatic carbocycles. The molecule has 6 heteroatoms. The predicted octanol–water partition coefficient (Wildman–Crippen LogP) is 4.38. The van der Waals surface area contributed by atoms with Crippen LogP contribution >= 0.6 is 0 Å². The number of piperidine rings is 1. The van der Waals surface area contributed by atoms with E-state index in [0.29, 0.717) is 28.6 Å². The summed E-state index contributed by atoms with van der Waals surface area (Å²) in [7, 11) is 0. The van der Waals surface area contributed by atoms with Gasteiger partial charge in [0.25, 0.3) is 5.91 Å². The third-order valence-corrected chi connectivity index (χ3v) is 5.69. The summed E-state index contributed by atoms with van der Waals surface area (Å²) < 4.78 is 14.9. The maximum atomic E-state index is 14.9. The lowest BCUT2D eigenvalue weighted by molar-refractivity contribution is 0.103. The van der Waals surface area contributed by atoms with Gasteiger partial charge in [0.2, 0.25) is 0 Å². The maximum absolute atomic E-state index is 14.9. The maximum Gasteiger partial charge on any atom is 0.257 e. The predicted molar refractivity (Wildman–Crippen MR) is 110 cm³/mol. The van der Waals surface area contributed by atoms with E-state index in [1.54, 1.807) is 6.07 Å². The minimum absolute atomic E-state index is 0. The number of carbonyl (C=O) groups excluding carboxylic acids is 1. The zero-order valence-electron chi connectivity index (χ0n) is 14.8. The molecule has 1 aromatic heterocycles. The fraction of sp³-hybridized carbons (Fsp3) is 0.318. The molecule has 0 radical (unpaired) electrons. The monoisotopic (exact) mass is 381 g/mol. The van der Waals surface area contributed by atoms with E-state index in [4.69, 9.17) is 0 Å². The second-order valence-corrected chi connectivity index (χ2v) is 7.34. The Bertz CT molecular complexity index is 1050. The first-order valence-corrected chi connectivity index (χ1v) is 9.27. The van der Waals surface area contributed by atoms with Crippen molar-refractivity contribution in [2.75, 3.05) is 29.9 Å². The minimum Gasteiger partial charge on any atom is -0.396 e. The normalized spacial score (nSPS) is 18.3. The van der Waals surface area contributed by atoms with E-state index in [9.17, 15) is 14.3 Å². The molecule has 3 N–H and O–H groups in total. The first-order chi connectivity index (χ1) is 13.2. The number of aromatic amines is 1. The summed E-state index contributed by atoms with van der Waals surface area (Å²) >= 11 is 0. The number of aliphatic hydroxyl groups excluding tert-OH is 1. The highest BCUT2D eigenvalue weighted by atomic mass is 19.1. The summed E-state index contributed by atoms with van der Waals surface area (Å²) in [5, 5.41) is 13.6. The van der Waals surface area contributed by atoms with Gasteiger partial charge in [-0.05, 0) is 49.1 Å². The molecule has 2 aliphatic rings. The smallest absolute Gasteiger partial charge is 0.257 e. The number of hydrogen-bond acceptors (Lipinski definition) is 3. The number of nitrogens with zero attached hydrogens (tertiary/aromatic N) is 1. The molecule has 1 unspecified atom stereocenters. The summed E-state index contributed by atoms with van der Waals surface area (Å²) in [5.41, 5.74) is 3.55. The van der Waals surface area contributed by atoms with Crippen LogP contribution in [0.25, 0.3) is 22.0 Å². The number of hydrogen-bond donors (Lipinski definition) is 3. The number of H-pyrrole nitrogens is 1. The Balaban J connectivity index is 0.00000192. The van der Waals surface area contributed by atoms with Crippen LogP contribution in [0.2, 0.25) is 0 Å². The largest absolute Gasteiger partial charge is 0.396 e. The molecule has 1 amide bonds. The Morgan fingerprint density at radius 3 is 2.86 bits per heavy atom. The summed E-state index contributed by atoms with van der Waals surface area (Å²) in [6, 6.07) is 8.76. The molecule has 1 saturated heterocycles. The summed E-state index contributed by atoms with van der Waals surface area (Å²) in [6.45, 7) is 1.62. The second kappa shape index (κ2) is 6.95. The number of aromatic nitrogens is 1. The lowest BCUT2D eigenvalue weighted by atomic mass is 9.93. The molecule has 0 saturated carbocycles. The molecule has 1 atom stereocenters. The number of carbonyl (C=O) groups is 1. The van der Waals surface area contributed by atoms with E-state index in [-0.39, 0.29) is 31.7 Å². The number of amides is 1. The number of nitrogens with one attached hydrogen (secondary N) is 2. The highest BCUT2D eigenvalue weighted by molar-refractivity contribution is 6.28. The van der Waals surface area contributed by atoms with Gasteiger partial charge >= 0.3 is 0 Å². The van der Waals surface area contributed by atoms with Crippen molar-refractivity contribution < 1.29 is 14.3 Å². The van der Waals surface area contributed by atoms with Gasteiger partial charge in [0.05, 0.1) is 5.56 Å². The highest BCUT2D eigenvalue weighted by Gasteiger charge is 2.31. The summed E-state index contributed by atoms with van der Waals surface area (Å²) in [4.78, 5) is 18.0. The van der Waals surface area contributed by atoms with Crippen LogP contribution < -0.4 is 10.2 Å². The zero-order chi connectivity index (χ0) is 18.5. The van der Waals surface area contributed by atoms with Crippen LogP contribution in [-0.4, -0.2) is 35.7 Å². The minimum atomic E-state index is -0.328. The third-order valence-electron chi connectivity index (χ3n) is 5.69. The van der Waals surface area contributed by atoms with Crippen LogP contribution in [0.1, 0.15) is 30.6 Å². The third kappa shape index (κ3) is 2.67. The van der Waals surface area contributed by atoms with Crippen molar-refractivity contribution in [3.63, 3.8) is 0 Å². The Kier molecular flexibility index (Phi) is 4.59. The fourth-order valence-electron chi connectivity index (χ4n) is 4.42. The lowest BCUT2D eigenvalue weighted by Gasteiger charge is -2.34. The molecular formula is C22H24FN3O2. The van der Waals surface area contributed by atoms with Crippen LogP contribution in [0.4, 0.5) is 15.8 Å². The molecule has 1 fully saturated rings. The number of aliphatic hydroxyl groups is 1. The van der Waals surface area contributed by atoms with Gasteiger partial charge in [0.1, 0.15) is 5.82 Å². The van der Waals surface area contributed by atoms with Crippen molar-refractivity contribution in [1.82, 2.24) is 4.98 Å². The summed E-state index contributed by atoms with van der Waals surface area (Å²) in [5.74, 6) is -0.354. The topological polar surface area (TPSA) is 68.4 Å². The van der Waals surface area contributed by atoms with Gasteiger partial charge in [-0.1, -0.05) is 7.43 Å². The molecule has 5 nitrogen and oxygen atoms in total. The first kappa shape index (κ1) is 18.5. The van der Waals surface area contributed by atoms with Crippen LogP contribution in [0.15, 0.2) is 36.5 Å². The molecule has 0 bridgehead atoms. The molecular weight excluding hydrogens is 357 g/mol. The van der Waals surface area contributed by atoms with Gasteiger partial charge in [0, 0.05) is 59.3 Å². The van der Waals surface area contributed by atoms with Crippen LogP contribution in [0.3, 0.4) is 0 Å². The van der Waals surface area contributed by atoms with Crippen LogP contribution in [0.5, 0.6) is 0 Å². The average molecular weight is 381 g/mol. The quantitative estimate of drug-likeness (QED) is 0.630. The van der Waals surface area contributed by atoms with Crippen molar-refractivity contribution in [3.8, 4) is 11.3 Å². The molecule has 146 valence electrons. The van der Waals surface area contributed by atoms with Gasteiger partial charge in [-0.15, -0.1) is 0 Å². The SMILES string of the molecule is C.O=C1Nc2ccc(F)c3c(N4CCCC(CO)C4)cc(-c4ccc[nH]4)c1c23. The first-order valence-electron chi connectivity index (χ1n) is 9.27. The van der Waals surface area contributed by atoms with Gasteiger partial charge in [0.15, 0.2) is 0 Å². The van der Waals surface area contributed by atoms with Crippen molar-refractivity contribution in [2.24, 2.45) is 5.92 Å². The number of anilines is 2. The van der Waals surface area contributed by atoms with Crippen LogP contribution in [0, 0.1) is 11.7 Å². The standard InChI is InChI=1S/C21H20FN3O2.CH4/c22-14-5-6-16-20-18(21(27)24-16)13(15-4-1-7-23-15)9-17(19(14)20)25-8-2-3-12(10-25)11-26;/h1,4-7,9,12,23,26H,2-3,8,10-11H2,(H,24,27);1H4. The van der Waals surface area contributed by atoms with E-state index in [1.165, 1.54) is 6.07 Å². The van der Waals surface area contributed by atoms with Crippen LogP contribution in [-0.2, 0) is 0 Å². The zero-order valence-corrected chi connectivity index (χ0v) is 14.8. The Hall–Kier alpha value is -2.86. The molecule has 3 aromatic rings. The number of halogens is 1. The van der Waals surface area contributed by atoms with Gasteiger partial charge in [-0.3, -0.25) is 4.79 Å². The van der Waals surface area contributed by atoms with Gasteiger partial charge in [-0.25, -0.2) is 4.39 Å². The van der Waals surface area contributed by atoms with E-state index < -0.39 is 0 Å². The van der Waals surface area contributed by atoms with Gasteiger partial charge < -0.3 is 20.3 Å². The average Bonchev–Trinajstić information content (AvgIpc) is 3.34. The number of rotatable bonds is 3. The Morgan fingerprint density at radius 1 is 1.25 bits per heavy atom.